The summed E-state index contributed by atoms with van der Waals surface area (Å²) in [6, 6.07) is 6.88. The molecule has 4 heteroatoms. The van der Waals surface area contributed by atoms with Crippen LogP contribution in [0.3, 0.4) is 0 Å². The minimum absolute atomic E-state index is 0.160. The van der Waals surface area contributed by atoms with Crippen molar-refractivity contribution in [1.82, 2.24) is 0 Å². The Morgan fingerprint density at radius 3 is 2.65 bits per heavy atom. The van der Waals surface area contributed by atoms with Crippen molar-refractivity contribution in [3.63, 3.8) is 0 Å². The third kappa shape index (κ3) is 3.20. The van der Waals surface area contributed by atoms with E-state index in [2.05, 4.69) is 4.74 Å². The highest BCUT2D eigenvalue weighted by atomic mass is 16.7. The summed E-state index contributed by atoms with van der Waals surface area (Å²) in [4.78, 5) is 11.2. The monoisotopic (exact) mass is 236 g/mol. The van der Waals surface area contributed by atoms with Crippen LogP contribution in [0, 0.1) is 0 Å². The number of carbonyl (C=O) groups is 1. The molecule has 0 aromatic heterocycles. The van der Waals surface area contributed by atoms with Gasteiger partial charge in [0, 0.05) is 6.42 Å². The van der Waals surface area contributed by atoms with Crippen molar-refractivity contribution in [3.8, 4) is 5.75 Å². The van der Waals surface area contributed by atoms with Gasteiger partial charge in [-0.1, -0.05) is 0 Å². The van der Waals surface area contributed by atoms with E-state index in [0.29, 0.717) is 11.3 Å². The molecule has 1 aliphatic heterocycles. The fraction of sp³-hybridized carbons (Fsp3) is 0.462. The van der Waals surface area contributed by atoms with Crippen LogP contribution in [0.5, 0.6) is 5.75 Å². The van der Waals surface area contributed by atoms with E-state index in [1.165, 1.54) is 7.11 Å². The second kappa shape index (κ2) is 5.68. The normalized spacial score (nSPS) is 19.7. The number of ether oxygens (including phenoxy) is 3. The number of methoxy groups -OCH3 is 1. The molecule has 0 aliphatic carbocycles. The lowest BCUT2D eigenvalue weighted by Gasteiger charge is -2.23. The highest BCUT2D eigenvalue weighted by molar-refractivity contribution is 5.89. The van der Waals surface area contributed by atoms with Gasteiger partial charge < -0.3 is 14.2 Å². The van der Waals surface area contributed by atoms with Gasteiger partial charge in [0.15, 0.2) is 6.29 Å². The highest BCUT2D eigenvalue weighted by Gasteiger charge is 2.15. The van der Waals surface area contributed by atoms with Crippen molar-refractivity contribution >= 4 is 5.97 Å². The molecule has 0 saturated carbocycles. The molecule has 0 N–H and O–H groups in total. The fourth-order valence-corrected chi connectivity index (χ4v) is 1.74. The van der Waals surface area contributed by atoms with Gasteiger partial charge in [-0.2, -0.15) is 0 Å². The first-order valence-electron chi connectivity index (χ1n) is 5.76. The molecule has 1 aliphatic rings. The molecule has 1 atom stereocenters. The molecular formula is C13H16O4. The van der Waals surface area contributed by atoms with Crippen LogP contribution in [0.4, 0.5) is 0 Å². The lowest BCUT2D eigenvalue weighted by atomic mass is 10.2. The molecule has 1 fully saturated rings. The Kier molecular flexibility index (Phi) is 3.98. The number of esters is 1. The molecule has 0 amide bonds. The first-order valence-corrected chi connectivity index (χ1v) is 5.76. The molecule has 1 unspecified atom stereocenters. The van der Waals surface area contributed by atoms with Crippen LogP contribution in [0.1, 0.15) is 29.6 Å². The molecule has 1 aromatic rings. The maximum Gasteiger partial charge on any atom is 0.337 e. The lowest BCUT2D eigenvalue weighted by Crippen LogP contribution is -2.24. The second-order valence-electron chi connectivity index (χ2n) is 3.93. The molecule has 1 saturated heterocycles. The van der Waals surface area contributed by atoms with Gasteiger partial charge in [-0.05, 0) is 37.1 Å². The SMILES string of the molecule is COC(=O)c1ccc(OC2CCCCO2)cc1. The van der Waals surface area contributed by atoms with Gasteiger partial charge in [-0.25, -0.2) is 4.79 Å². The first-order chi connectivity index (χ1) is 8.29. The second-order valence-corrected chi connectivity index (χ2v) is 3.93. The predicted molar refractivity (Wildman–Crippen MR) is 62.0 cm³/mol. The molecular weight excluding hydrogens is 220 g/mol. The maximum absolute atomic E-state index is 11.2. The van der Waals surface area contributed by atoms with Gasteiger partial charge in [0.1, 0.15) is 5.75 Å². The summed E-state index contributed by atoms with van der Waals surface area (Å²) in [5, 5.41) is 0. The summed E-state index contributed by atoms with van der Waals surface area (Å²) >= 11 is 0. The van der Waals surface area contributed by atoms with Crippen LogP contribution in [-0.2, 0) is 9.47 Å². The first kappa shape index (κ1) is 11.9. The number of carbonyl (C=O) groups excluding carboxylic acids is 1. The van der Waals surface area contributed by atoms with Gasteiger partial charge >= 0.3 is 5.97 Å². The summed E-state index contributed by atoms with van der Waals surface area (Å²) < 4.78 is 15.7. The Balaban J connectivity index is 1.95. The molecule has 1 heterocycles. The topological polar surface area (TPSA) is 44.8 Å². The van der Waals surface area contributed by atoms with Crippen molar-refractivity contribution in [3.05, 3.63) is 29.8 Å². The van der Waals surface area contributed by atoms with Gasteiger partial charge in [0.2, 0.25) is 0 Å². The molecule has 92 valence electrons. The van der Waals surface area contributed by atoms with Crippen molar-refractivity contribution in [1.29, 1.82) is 0 Å². The van der Waals surface area contributed by atoms with Crippen molar-refractivity contribution < 1.29 is 19.0 Å². The van der Waals surface area contributed by atoms with Crippen LogP contribution in [0.25, 0.3) is 0 Å². The van der Waals surface area contributed by atoms with E-state index in [1.807, 2.05) is 0 Å². The Morgan fingerprint density at radius 2 is 2.06 bits per heavy atom. The highest BCUT2D eigenvalue weighted by Crippen LogP contribution is 2.19. The third-order valence-corrected chi connectivity index (χ3v) is 2.68. The zero-order valence-corrected chi connectivity index (χ0v) is 9.85. The minimum atomic E-state index is -0.342. The van der Waals surface area contributed by atoms with Crippen LogP contribution in [-0.4, -0.2) is 26.0 Å². The van der Waals surface area contributed by atoms with E-state index in [-0.39, 0.29) is 12.3 Å². The lowest BCUT2D eigenvalue weighted by molar-refractivity contribution is -0.105. The van der Waals surface area contributed by atoms with Gasteiger partial charge in [-0.3, -0.25) is 0 Å². The zero-order valence-electron chi connectivity index (χ0n) is 9.85. The quantitative estimate of drug-likeness (QED) is 0.756. The largest absolute Gasteiger partial charge is 0.465 e. The predicted octanol–water partition coefficient (Wildman–Crippen LogP) is 2.38. The molecule has 0 spiro atoms. The smallest absolute Gasteiger partial charge is 0.337 e. The van der Waals surface area contributed by atoms with E-state index < -0.39 is 0 Å². The van der Waals surface area contributed by atoms with Crippen molar-refractivity contribution in [2.24, 2.45) is 0 Å². The minimum Gasteiger partial charge on any atom is -0.465 e. The number of benzene rings is 1. The molecule has 0 radical (unpaired) electrons. The summed E-state index contributed by atoms with van der Waals surface area (Å²) in [5.74, 6) is 0.370. The number of rotatable bonds is 3. The summed E-state index contributed by atoms with van der Waals surface area (Å²) in [5.41, 5.74) is 0.518. The average molecular weight is 236 g/mol. The van der Waals surface area contributed by atoms with E-state index in [9.17, 15) is 4.79 Å². The third-order valence-electron chi connectivity index (χ3n) is 2.68. The van der Waals surface area contributed by atoms with Gasteiger partial charge in [-0.15, -0.1) is 0 Å². The van der Waals surface area contributed by atoms with Crippen LogP contribution in [0.15, 0.2) is 24.3 Å². The number of hydrogen-bond acceptors (Lipinski definition) is 4. The Hall–Kier alpha value is -1.55. The molecule has 4 nitrogen and oxygen atoms in total. The van der Waals surface area contributed by atoms with Crippen molar-refractivity contribution in [2.45, 2.75) is 25.6 Å². The molecule has 0 bridgehead atoms. The van der Waals surface area contributed by atoms with Crippen LogP contribution < -0.4 is 4.74 Å². The van der Waals surface area contributed by atoms with Gasteiger partial charge in [0.25, 0.3) is 0 Å². The summed E-state index contributed by atoms with van der Waals surface area (Å²) in [6.07, 6.45) is 2.98. The van der Waals surface area contributed by atoms with E-state index in [0.717, 1.165) is 25.9 Å². The van der Waals surface area contributed by atoms with Gasteiger partial charge in [0.05, 0.1) is 19.3 Å². The van der Waals surface area contributed by atoms with E-state index >= 15 is 0 Å². The molecule has 2 rings (SSSR count). The Labute approximate surface area is 100 Å². The molecule has 1 aromatic carbocycles. The maximum atomic E-state index is 11.2. The van der Waals surface area contributed by atoms with E-state index in [1.54, 1.807) is 24.3 Å². The Bertz CT molecular complexity index is 366. The standard InChI is InChI=1S/C13H16O4/c1-15-13(14)10-5-7-11(8-6-10)17-12-4-2-3-9-16-12/h5-8,12H,2-4,9H2,1H3. The summed E-state index contributed by atoms with van der Waals surface area (Å²) in [6.45, 7) is 0.755. The van der Waals surface area contributed by atoms with Crippen LogP contribution >= 0.6 is 0 Å². The fourth-order valence-electron chi connectivity index (χ4n) is 1.74. The zero-order chi connectivity index (χ0) is 12.1. The van der Waals surface area contributed by atoms with E-state index in [4.69, 9.17) is 9.47 Å². The summed E-state index contributed by atoms with van der Waals surface area (Å²) in [7, 11) is 1.36. The average Bonchev–Trinajstić information content (AvgIpc) is 2.40. The van der Waals surface area contributed by atoms with Crippen LogP contribution in [0.2, 0.25) is 0 Å². The van der Waals surface area contributed by atoms with Crippen molar-refractivity contribution in [2.75, 3.05) is 13.7 Å². The molecule has 17 heavy (non-hydrogen) atoms. The Morgan fingerprint density at radius 1 is 1.29 bits per heavy atom. The number of hydrogen-bond donors (Lipinski definition) is 0.